The Kier molecular flexibility index (Phi) is 6.92. The molecule has 1 aliphatic rings. The van der Waals surface area contributed by atoms with Crippen molar-refractivity contribution in [2.75, 3.05) is 19.6 Å². The van der Waals surface area contributed by atoms with Crippen molar-refractivity contribution in [3.8, 4) is 0 Å². The molecule has 1 rings (SSSR count). The summed E-state index contributed by atoms with van der Waals surface area (Å²) in [6, 6.07) is 0.370. The maximum absolute atomic E-state index is 5.94. The zero-order chi connectivity index (χ0) is 11.5. The number of hydrogen-bond acceptors (Lipinski definition) is 2. The molecule has 2 nitrogen and oxygen atoms in total. The van der Waals surface area contributed by atoms with Crippen LogP contribution in [-0.4, -0.2) is 30.6 Å². The lowest BCUT2D eigenvalue weighted by atomic mass is 9.86. The lowest BCUT2D eigenvalue weighted by Crippen LogP contribution is -2.31. The van der Waals surface area contributed by atoms with Gasteiger partial charge in [0.05, 0.1) is 0 Å². The van der Waals surface area contributed by atoms with Crippen molar-refractivity contribution in [3.63, 3.8) is 0 Å². The molecule has 0 radical (unpaired) electrons. The van der Waals surface area contributed by atoms with E-state index in [1.54, 1.807) is 0 Å². The monoisotopic (exact) mass is 248 g/mol. The highest BCUT2D eigenvalue weighted by Gasteiger charge is 2.26. The minimum absolute atomic E-state index is 0. The third-order valence-corrected chi connectivity index (χ3v) is 4.11. The number of rotatable bonds is 5. The smallest absolute Gasteiger partial charge is 0.00514 e. The quantitative estimate of drug-likeness (QED) is 0.811. The molecule has 0 aliphatic carbocycles. The predicted molar refractivity (Wildman–Crippen MR) is 74.1 cm³/mol. The molecule has 1 fully saturated rings. The van der Waals surface area contributed by atoms with Crippen LogP contribution in [-0.2, 0) is 0 Å². The van der Waals surface area contributed by atoms with Crippen molar-refractivity contribution >= 4 is 12.4 Å². The Balaban J connectivity index is 0.00000225. The predicted octanol–water partition coefficient (Wildman–Crippen LogP) is 2.90. The molecule has 98 valence electrons. The average molecular weight is 249 g/mol. The summed E-state index contributed by atoms with van der Waals surface area (Å²) in [5.41, 5.74) is 6.45. The molecule has 1 saturated heterocycles. The van der Waals surface area contributed by atoms with Gasteiger partial charge in [0, 0.05) is 12.6 Å². The lowest BCUT2D eigenvalue weighted by Gasteiger charge is -2.26. The molecule has 2 N–H and O–H groups in total. The minimum Gasteiger partial charge on any atom is -0.328 e. The van der Waals surface area contributed by atoms with Crippen molar-refractivity contribution in [2.45, 2.75) is 53.0 Å². The molecule has 0 saturated carbocycles. The zero-order valence-corrected chi connectivity index (χ0v) is 12.1. The first kappa shape index (κ1) is 16.2. The maximum atomic E-state index is 5.94. The van der Waals surface area contributed by atoms with Crippen molar-refractivity contribution in [2.24, 2.45) is 17.1 Å². The summed E-state index contributed by atoms with van der Waals surface area (Å²) in [4.78, 5) is 2.59. The Bertz CT molecular complexity index is 192. The van der Waals surface area contributed by atoms with E-state index in [9.17, 15) is 0 Å². The van der Waals surface area contributed by atoms with Crippen LogP contribution < -0.4 is 5.73 Å². The van der Waals surface area contributed by atoms with E-state index in [0.717, 1.165) is 5.92 Å². The van der Waals surface area contributed by atoms with Gasteiger partial charge >= 0.3 is 0 Å². The van der Waals surface area contributed by atoms with Gasteiger partial charge in [-0.2, -0.15) is 0 Å². The summed E-state index contributed by atoms with van der Waals surface area (Å²) in [6.07, 6.45) is 3.89. The van der Waals surface area contributed by atoms with Gasteiger partial charge in [-0.3, -0.25) is 0 Å². The zero-order valence-electron chi connectivity index (χ0n) is 11.3. The van der Waals surface area contributed by atoms with Gasteiger partial charge in [0.2, 0.25) is 0 Å². The Labute approximate surface area is 107 Å². The van der Waals surface area contributed by atoms with E-state index in [2.05, 4.69) is 32.6 Å². The van der Waals surface area contributed by atoms with Gasteiger partial charge in [-0.15, -0.1) is 12.4 Å². The SMILES string of the molecule is CCC(C)(C)CCN1CCC(C(C)N)C1.Cl. The van der Waals surface area contributed by atoms with Crippen LogP contribution in [0.25, 0.3) is 0 Å². The minimum atomic E-state index is 0. The summed E-state index contributed by atoms with van der Waals surface area (Å²) < 4.78 is 0. The van der Waals surface area contributed by atoms with Gasteiger partial charge in [-0.1, -0.05) is 27.2 Å². The van der Waals surface area contributed by atoms with Crippen LogP contribution in [0, 0.1) is 11.3 Å². The summed E-state index contributed by atoms with van der Waals surface area (Å²) in [6.45, 7) is 12.9. The molecule has 0 amide bonds. The fourth-order valence-corrected chi connectivity index (χ4v) is 2.13. The van der Waals surface area contributed by atoms with Gasteiger partial charge in [-0.25, -0.2) is 0 Å². The van der Waals surface area contributed by atoms with Crippen molar-refractivity contribution in [1.82, 2.24) is 4.90 Å². The first-order chi connectivity index (χ1) is 6.94. The lowest BCUT2D eigenvalue weighted by molar-refractivity contribution is 0.235. The molecule has 1 heterocycles. The maximum Gasteiger partial charge on any atom is 0.00514 e. The second kappa shape index (κ2) is 6.83. The van der Waals surface area contributed by atoms with E-state index < -0.39 is 0 Å². The second-order valence-corrected chi connectivity index (χ2v) is 5.98. The molecule has 0 spiro atoms. The van der Waals surface area contributed by atoms with E-state index in [1.165, 1.54) is 38.9 Å². The number of halogens is 1. The number of nitrogens with zero attached hydrogens (tertiary/aromatic N) is 1. The number of nitrogens with two attached hydrogens (primary N) is 1. The van der Waals surface area contributed by atoms with Gasteiger partial charge in [-0.05, 0) is 44.2 Å². The Hall–Kier alpha value is 0.210. The van der Waals surface area contributed by atoms with Crippen LogP contribution in [0.1, 0.15) is 47.0 Å². The summed E-state index contributed by atoms with van der Waals surface area (Å²) in [5.74, 6) is 0.731. The van der Waals surface area contributed by atoms with Crippen molar-refractivity contribution < 1.29 is 0 Å². The molecular formula is C13H29ClN2. The summed E-state index contributed by atoms with van der Waals surface area (Å²) in [7, 11) is 0. The highest BCUT2D eigenvalue weighted by molar-refractivity contribution is 5.85. The topological polar surface area (TPSA) is 29.3 Å². The van der Waals surface area contributed by atoms with Crippen LogP contribution in [0.5, 0.6) is 0 Å². The average Bonchev–Trinajstić information content (AvgIpc) is 2.63. The third-order valence-electron chi connectivity index (χ3n) is 4.11. The van der Waals surface area contributed by atoms with Crippen molar-refractivity contribution in [3.05, 3.63) is 0 Å². The molecule has 0 aromatic heterocycles. The van der Waals surface area contributed by atoms with Crippen LogP contribution in [0.15, 0.2) is 0 Å². The van der Waals surface area contributed by atoms with Gasteiger partial charge in [0.25, 0.3) is 0 Å². The molecular weight excluding hydrogens is 220 g/mol. The van der Waals surface area contributed by atoms with Crippen LogP contribution in [0.2, 0.25) is 0 Å². The molecule has 16 heavy (non-hydrogen) atoms. The van der Waals surface area contributed by atoms with E-state index in [1.807, 2.05) is 0 Å². The van der Waals surface area contributed by atoms with E-state index in [-0.39, 0.29) is 12.4 Å². The van der Waals surface area contributed by atoms with E-state index in [4.69, 9.17) is 5.73 Å². The molecule has 1 aliphatic heterocycles. The van der Waals surface area contributed by atoms with Crippen molar-refractivity contribution in [1.29, 1.82) is 0 Å². The summed E-state index contributed by atoms with van der Waals surface area (Å²) in [5, 5.41) is 0. The first-order valence-corrected chi connectivity index (χ1v) is 6.42. The first-order valence-electron chi connectivity index (χ1n) is 6.42. The van der Waals surface area contributed by atoms with E-state index >= 15 is 0 Å². The molecule has 0 bridgehead atoms. The Morgan fingerprint density at radius 1 is 1.44 bits per heavy atom. The standard InChI is InChI=1S/C13H28N2.ClH/c1-5-13(3,4)7-9-15-8-6-12(10-15)11(2)14;/h11-12H,5-10,14H2,1-4H3;1H. The second-order valence-electron chi connectivity index (χ2n) is 5.98. The molecule has 3 heteroatoms. The molecule has 0 aromatic carbocycles. The van der Waals surface area contributed by atoms with E-state index in [0.29, 0.717) is 11.5 Å². The van der Waals surface area contributed by atoms with Gasteiger partial charge < -0.3 is 10.6 Å². The van der Waals surface area contributed by atoms with Gasteiger partial charge in [0.1, 0.15) is 0 Å². The normalized spacial score (nSPS) is 24.2. The number of likely N-dealkylation sites (tertiary alicyclic amines) is 1. The fourth-order valence-electron chi connectivity index (χ4n) is 2.13. The largest absolute Gasteiger partial charge is 0.328 e. The Morgan fingerprint density at radius 2 is 2.06 bits per heavy atom. The fraction of sp³-hybridized carbons (Fsp3) is 1.00. The molecule has 2 atom stereocenters. The van der Waals surface area contributed by atoms with Gasteiger partial charge in [0.15, 0.2) is 0 Å². The summed E-state index contributed by atoms with van der Waals surface area (Å²) >= 11 is 0. The number of hydrogen-bond donors (Lipinski definition) is 1. The van der Waals surface area contributed by atoms with Crippen LogP contribution in [0.3, 0.4) is 0 Å². The molecule has 0 aromatic rings. The van der Waals surface area contributed by atoms with Crippen LogP contribution in [0.4, 0.5) is 0 Å². The molecule has 2 unspecified atom stereocenters. The highest BCUT2D eigenvalue weighted by Crippen LogP contribution is 2.26. The highest BCUT2D eigenvalue weighted by atomic mass is 35.5. The van der Waals surface area contributed by atoms with Crippen LogP contribution >= 0.6 is 12.4 Å². The Morgan fingerprint density at radius 3 is 2.50 bits per heavy atom. The third kappa shape index (κ3) is 5.03.